The van der Waals surface area contributed by atoms with Crippen LogP contribution in [0.4, 0.5) is 20.3 Å². The van der Waals surface area contributed by atoms with Gasteiger partial charge in [0.05, 0.1) is 37.0 Å². The van der Waals surface area contributed by atoms with Crippen LogP contribution in [0.5, 0.6) is 5.88 Å². The molecule has 0 spiro atoms. The molecule has 0 saturated carbocycles. The fraction of sp³-hybridized carbons (Fsp3) is 0.519. The average molecular weight is 512 g/mol. The van der Waals surface area contributed by atoms with Crippen LogP contribution >= 0.6 is 0 Å². The van der Waals surface area contributed by atoms with E-state index in [4.69, 9.17) is 9.47 Å². The number of pyridine rings is 1. The van der Waals surface area contributed by atoms with E-state index in [9.17, 15) is 5.11 Å². The Labute approximate surface area is 214 Å². The first-order valence-electron chi connectivity index (χ1n) is 12.9. The summed E-state index contributed by atoms with van der Waals surface area (Å²) in [6, 6.07) is 8.42. The van der Waals surface area contributed by atoms with E-state index < -0.39 is 12.0 Å². The van der Waals surface area contributed by atoms with Crippen molar-refractivity contribution >= 4 is 22.4 Å². The van der Waals surface area contributed by atoms with Crippen molar-refractivity contribution in [3.8, 4) is 5.88 Å². The van der Waals surface area contributed by atoms with Gasteiger partial charge in [-0.2, -0.15) is 13.9 Å². The van der Waals surface area contributed by atoms with Gasteiger partial charge in [0, 0.05) is 17.6 Å². The number of hydrogen-bond acceptors (Lipinski definition) is 8. The number of aromatic nitrogens is 3. The van der Waals surface area contributed by atoms with Gasteiger partial charge in [-0.05, 0) is 57.2 Å². The third-order valence-corrected chi connectivity index (χ3v) is 7.86. The first-order valence-corrected chi connectivity index (χ1v) is 12.9. The van der Waals surface area contributed by atoms with E-state index in [1.807, 2.05) is 19.1 Å². The number of alkyl halides is 2. The number of nitrogens with one attached hydrogen (secondary N) is 1. The molecule has 3 saturated heterocycles. The second-order valence-corrected chi connectivity index (χ2v) is 10.3. The second-order valence-electron chi connectivity index (χ2n) is 10.3. The van der Waals surface area contributed by atoms with Crippen LogP contribution in [0.2, 0.25) is 0 Å². The summed E-state index contributed by atoms with van der Waals surface area (Å²) in [5.74, 6) is -2.61. The monoisotopic (exact) mass is 511 g/mol. The molecule has 0 aliphatic carbocycles. The zero-order valence-corrected chi connectivity index (χ0v) is 21.0. The standard InChI is InChI=1S/C27H31F2N5O3/c1-15(17-5-3-6-18(11-17)27(28,29)23-7-4-10-37-23)30-25-21-12-22(26(35)31-24(21)16(2)32-33-25)34-19-8-9-20(34)14-36-13-19/h3,5-6,11-12,15,19-20,23H,4,7-10,13-14H2,1-2H3,(H,30,33)(H,31,35)/t15-,19?,20?,23?/m1/s1. The minimum absolute atomic E-state index is 0.0366. The van der Waals surface area contributed by atoms with E-state index in [1.165, 1.54) is 12.1 Å². The van der Waals surface area contributed by atoms with Crippen molar-refractivity contribution < 1.29 is 23.4 Å². The van der Waals surface area contributed by atoms with E-state index in [1.54, 1.807) is 13.0 Å². The van der Waals surface area contributed by atoms with Crippen molar-refractivity contribution in [3.05, 3.63) is 47.2 Å². The molecule has 4 atom stereocenters. The summed E-state index contributed by atoms with van der Waals surface area (Å²) in [4.78, 5) is 6.71. The SMILES string of the molecule is Cc1nnc(N[C@H](C)c2cccc(C(F)(F)C3CCCO3)c2)c2cc(N3C4CCC3COC4)c(O)nc12. The Balaban J connectivity index is 1.33. The summed E-state index contributed by atoms with van der Waals surface area (Å²) < 4.78 is 41.2. The fourth-order valence-corrected chi connectivity index (χ4v) is 5.85. The van der Waals surface area contributed by atoms with E-state index >= 15 is 8.78 Å². The summed E-state index contributed by atoms with van der Waals surface area (Å²) in [7, 11) is 0. The molecule has 0 amide bonds. The largest absolute Gasteiger partial charge is 0.492 e. The molecule has 3 aliphatic rings. The minimum atomic E-state index is -3.06. The lowest BCUT2D eigenvalue weighted by Gasteiger charge is -2.36. The third-order valence-electron chi connectivity index (χ3n) is 7.86. The highest BCUT2D eigenvalue weighted by molar-refractivity contribution is 5.93. The van der Waals surface area contributed by atoms with Crippen LogP contribution in [-0.2, 0) is 15.4 Å². The Morgan fingerprint density at radius 1 is 1.14 bits per heavy atom. The smallest absolute Gasteiger partial charge is 0.298 e. The quantitative estimate of drug-likeness (QED) is 0.485. The topological polar surface area (TPSA) is 92.6 Å². The van der Waals surface area contributed by atoms with Crippen LogP contribution in [-0.4, -0.2) is 58.3 Å². The molecule has 10 heteroatoms. The predicted molar refractivity (Wildman–Crippen MR) is 135 cm³/mol. The number of rotatable bonds is 6. The van der Waals surface area contributed by atoms with Gasteiger partial charge in [0.25, 0.3) is 5.92 Å². The lowest BCUT2D eigenvalue weighted by Crippen LogP contribution is -2.46. The number of nitrogens with zero attached hydrogens (tertiary/aromatic N) is 4. The maximum atomic E-state index is 15.1. The molecule has 3 unspecified atom stereocenters. The number of hydrogen-bond donors (Lipinski definition) is 2. The van der Waals surface area contributed by atoms with Gasteiger partial charge in [0.1, 0.15) is 17.3 Å². The number of benzene rings is 1. The first-order chi connectivity index (χ1) is 17.8. The minimum Gasteiger partial charge on any atom is -0.492 e. The number of fused-ring (bicyclic) bond motifs is 3. The number of halogens is 2. The summed E-state index contributed by atoms with van der Waals surface area (Å²) in [6.07, 6.45) is 1.92. The number of anilines is 2. The fourth-order valence-electron chi connectivity index (χ4n) is 5.85. The third kappa shape index (κ3) is 4.25. The van der Waals surface area contributed by atoms with Crippen LogP contribution in [0.15, 0.2) is 30.3 Å². The highest BCUT2D eigenvalue weighted by Gasteiger charge is 2.44. The van der Waals surface area contributed by atoms with Crippen LogP contribution in [0.1, 0.15) is 55.5 Å². The summed E-state index contributed by atoms with van der Waals surface area (Å²) in [6.45, 7) is 5.30. The summed E-state index contributed by atoms with van der Waals surface area (Å²) in [5, 5.41) is 23.5. The van der Waals surface area contributed by atoms with Crippen LogP contribution < -0.4 is 10.2 Å². The van der Waals surface area contributed by atoms with Gasteiger partial charge in [-0.25, -0.2) is 4.98 Å². The second kappa shape index (κ2) is 9.33. The van der Waals surface area contributed by atoms with Crippen molar-refractivity contribution in [2.45, 2.75) is 69.7 Å². The van der Waals surface area contributed by atoms with Gasteiger partial charge in [-0.1, -0.05) is 18.2 Å². The Kier molecular flexibility index (Phi) is 6.11. The average Bonchev–Trinajstić information content (AvgIpc) is 3.52. The van der Waals surface area contributed by atoms with Gasteiger partial charge >= 0.3 is 0 Å². The molecule has 3 aromatic rings. The van der Waals surface area contributed by atoms with Crippen molar-refractivity contribution in [1.29, 1.82) is 0 Å². The molecule has 2 bridgehead atoms. The molecule has 196 valence electrons. The Hall–Kier alpha value is -3.11. The van der Waals surface area contributed by atoms with E-state index in [-0.39, 0.29) is 29.6 Å². The maximum Gasteiger partial charge on any atom is 0.298 e. The van der Waals surface area contributed by atoms with Crippen LogP contribution in [0.3, 0.4) is 0 Å². The molecule has 3 aliphatic heterocycles. The highest BCUT2D eigenvalue weighted by Crippen LogP contribution is 2.42. The van der Waals surface area contributed by atoms with Crippen LogP contribution in [0, 0.1) is 6.92 Å². The van der Waals surface area contributed by atoms with Crippen molar-refractivity contribution in [2.24, 2.45) is 0 Å². The summed E-state index contributed by atoms with van der Waals surface area (Å²) >= 11 is 0. The maximum absolute atomic E-state index is 15.1. The number of aromatic hydroxyl groups is 1. The zero-order chi connectivity index (χ0) is 25.7. The van der Waals surface area contributed by atoms with Crippen molar-refractivity contribution in [2.75, 3.05) is 30.0 Å². The normalized spacial score (nSPS) is 24.5. The lowest BCUT2D eigenvalue weighted by molar-refractivity contribution is -0.122. The van der Waals surface area contributed by atoms with Crippen LogP contribution in [0.25, 0.3) is 10.9 Å². The molecule has 37 heavy (non-hydrogen) atoms. The summed E-state index contributed by atoms with van der Waals surface area (Å²) in [5.41, 5.74) is 2.44. The number of morpholine rings is 1. The molecule has 2 N–H and O–H groups in total. The number of ether oxygens (including phenoxy) is 2. The molecule has 5 heterocycles. The molecule has 2 aromatic heterocycles. The lowest BCUT2D eigenvalue weighted by atomic mass is 9.97. The molecule has 8 nitrogen and oxygen atoms in total. The predicted octanol–water partition coefficient (Wildman–Crippen LogP) is 4.85. The van der Waals surface area contributed by atoms with E-state index in [2.05, 4.69) is 25.4 Å². The van der Waals surface area contributed by atoms with Gasteiger partial charge in [-0.15, -0.1) is 5.10 Å². The van der Waals surface area contributed by atoms with Crippen molar-refractivity contribution in [3.63, 3.8) is 0 Å². The zero-order valence-electron chi connectivity index (χ0n) is 21.0. The van der Waals surface area contributed by atoms with Gasteiger partial charge in [-0.3, -0.25) is 0 Å². The van der Waals surface area contributed by atoms with Gasteiger partial charge < -0.3 is 24.8 Å². The molecule has 1 aromatic carbocycles. The Morgan fingerprint density at radius 3 is 2.65 bits per heavy atom. The molecule has 3 fully saturated rings. The molecule has 6 rings (SSSR count). The number of aryl methyl sites for hydroxylation is 1. The Morgan fingerprint density at radius 2 is 1.92 bits per heavy atom. The van der Waals surface area contributed by atoms with Crippen molar-refractivity contribution in [1.82, 2.24) is 15.2 Å². The molecule has 0 radical (unpaired) electrons. The van der Waals surface area contributed by atoms with Gasteiger partial charge in [0.15, 0.2) is 5.82 Å². The Bertz CT molecular complexity index is 1300. The van der Waals surface area contributed by atoms with Gasteiger partial charge in [0.2, 0.25) is 5.88 Å². The highest BCUT2D eigenvalue weighted by atomic mass is 19.3. The first kappa shape index (κ1) is 24.2. The van der Waals surface area contributed by atoms with E-state index in [0.29, 0.717) is 60.9 Å². The molecular weight excluding hydrogens is 480 g/mol. The van der Waals surface area contributed by atoms with E-state index in [0.717, 1.165) is 18.2 Å². The molecular formula is C27H31F2N5O3.